The Kier molecular flexibility index (Phi) is 15.4. The molecule has 0 saturated heterocycles. The van der Waals surface area contributed by atoms with Gasteiger partial charge in [-0.3, -0.25) is 25.2 Å². The third-order valence-corrected chi connectivity index (χ3v) is 8.09. The first-order chi connectivity index (χ1) is 24.7. The van der Waals surface area contributed by atoms with E-state index in [1.54, 1.807) is 39.1 Å². The highest BCUT2D eigenvalue weighted by Gasteiger charge is 2.36. The van der Waals surface area contributed by atoms with Crippen LogP contribution in [0.5, 0.6) is 0 Å². The van der Waals surface area contributed by atoms with Gasteiger partial charge in [0, 0.05) is 17.8 Å². The van der Waals surface area contributed by atoms with Gasteiger partial charge in [0.2, 0.25) is 5.91 Å². The highest BCUT2D eigenvalue weighted by molar-refractivity contribution is 5.88. The van der Waals surface area contributed by atoms with Gasteiger partial charge in [0.15, 0.2) is 6.17 Å². The standard InChI is InChI=1S/C37H48N6O9/c1-37(2,3)30(41-34(47)50-4)32(45)39-26(20-24-15-17-25(18-16-24)27-14-10-11-19-38-27)22-29(44)28(21-23-12-8-7-9-13-23)40-33(46)31(42-35(48)51-5)43-36(49)52-6/h7-19,26,28-31,44H,20-22H2,1-6H3,(H,39,45)(H,40,46)(H,41,47)(H,42,48)(H,43,49)/t26-,28-,29+,30+/m0/s1. The zero-order chi connectivity index (χ0) is 38.3. The number of rotatable bonds is 15. The Morgan fingerprint density at radius 2 is 1.23 bits per heavy atom. The van der Waals surface area contributed by atoms with Gasteiger partial charge in [-0.2, -0.15) is 0 Å². The van der Waals surface area contributed by atoms with Crippen LogP contribution in [0.3, 0.4) is 0 Å². The number of methoxy groups -OCH3 is 3. The molecule has 15 nitrogen and oxygen atoms in total. The Morgan fingerprint density at radius 1 is 0.673 bits per heavy atom. The SMILES string of the molecule is COC(=O)NC(NC(=O)OC)C(=O)N[C@@H](Cc1ccccc1)[C@H](O)C[C@H](Cc1ccc(-c2ccccn2)cc1)NC(=O)[C@@H](NC(=O)OC)C(C)(C)C. The number of amides is 5. The van der Waals surface area contributed by atoms with Gasteiger partial charge in [0.25, 0.3) is 5.91 Å². The number of aliphatic hydroxyl groups excluding tert-OH is 1. The number of carbonyl (C=O) groups is 5. The Balaban J connectivity index is 1.95. The number of benzene rings is 2. The van der Waals surface area contributed by atoms with Crippen LogP contribution in [0.1, 0.15) is 38.3 Å². The number of nitrogens with zero attached hydrogens (tertiary/aromatic N) is 1. The first-order valence-corrected chi connectivity index (χ1v) is 16.6. The predicted molar refractivity (Wildman–Crippen MR) is 192 cm³/mol. The Labute approximate surface area is 303 Å². The molecule has 0 fully saturated rings. The maximum absolute atomic E-state index is 13.8. The van der Waals surface area contributed by atoms with Crippen LogP contribution in [0.4, 0.5) is 14.4 Å². The highest BCUT2D eigenvalue weighted by atomic mass is 16.5. The number of hydrogen-bond acceptors (Lipinski definition) is 10. The number of hydrogen-bond donors (Lipinski definition) is 6. The number of pyridine rings is 1. The molecule has 5 amide bonds. The molecule has 0 unspecified atom stereocenters. The van der Waals surface area contributed by atoms with Crippen LogP contribution in [0, 0.1) is 5.41 Å². The first kappa shape index (κ1) is 40.7. The summed E-state index contributed by atoms with van der Waals surface area (Å²) in [7, 11) is 3.39. The molecule has 52 heavy (non-hydrogen) atoms. The fourth-order valence-electron chi connectivity index (χ4n) is 5.35. The maximum atomic E-state index is 13.8. The number of nitrogens with one attached hydrogen (secondary N) is 5. The van der Waals surface area contributed by atoms with Crippen molar-refractivity contribution in [3.63, 3.8) is 0 Å². The van der Waals surface area contributed by atoms with Crippen LogP contribution in [0.2, 0.25) is 0 Å². The molecule has 0 aliphatic carbocycles. The molecular formula is C37H48N6O9. The van der Waals surface area contributed by atoms with E-state index in [1.165, 1.54) is 7.11 Å². The van der Waals surface area contributed by atoms with Crippen molar-refractivity contribution < 1.29 is 43.3 Å². The minimum atomic E-state index is -1.62. The normalized spacial score (nSPS) is 13.4. The molecular weight excluding hydrogens is 672 g/mol. The molecule has 0 radical (unpaired) electrons. The third kappa shape index (κ3) is 12.9. The summed E-state index contributed by atoms with van der Waals surface area (Å²) in [6.07, 6.45) is -3.61. The largest absolute Gasteiger partial charge is 0.453 e. The van der Waals surface area contributed by atoms with Crippen molar-refractivity contribution in [2.24, 2.45) is 5.41 Å². The molecule has 3 rings (SSSR count). The Morgan fingerprint density at radius 3 is 1.77 bits per heavy atom. The van der Waals surface area contributed by atoms with E-state index in [2.05, 4.69) is 41.0 Å². The quantitative estimate of drug-likeness (QED) is 0.1000. The predicted octanol–water partition coefficient (Wildman–Crippen LogP) is 3.06. The van der Waals surface area contributed by atoms with Gasteiger partial charge in [-0.1, -0.05) is 81.4 Å². The average Bonchev–Trinajstić information content (AvgIpc) is 3.13. The molecule has 0 bridgehead atoms. The van der Waals surface area contributed by atoms with Crippen molar-refractivity contribution >= 4 is 30.1 Å². The summed E-state index contributed by atoms with van der Waals surface area (Å²) in [4.78, 5) is 67.9. The van der Waals surface area contributed by atoms with E-state index in [-0.39, 0.29) is 19.3 Å². The third-order valence-electron chi connectivity index (χ3n) is 8.09. The van der Waals surface area contributed by atoms with Crippen molar-refractivity contribution in [1.29, 1.82) is 0 Å². The summed E-state index contributed by atoms with van der Waals surface area (Å²) >= 11 is 0. The van der Waals surface area contributed by atoms with Gasteiger partial charge in [-0.15, -0.1) is 0 Å². The van der Waals surface area contributed by atoms with Gasteiger partial charge in [0.05, 0.1) is 39.2 Å². The molecule has 0 aliphatic rings. The van der Waals surface area contributed by atoms with E-state index in [4.69, 9.17) is 4.74 Å². The number of aliphatic hydroxyl groups is 1. The van der Waals surface area contributed by atoms with Gasteiger partial charge in [-0.05, 0) is 47.9 Å². The second kappa shape index (κ2) is 19.6. The number of alkyl carbamates (subject to hydrolysis) is 3. The van der Waals surface area contributed by atoms with Crippen molar-refractivity contribution in [2.45, 2.75) is 70.4 Å². The average molecular weight is 721 g/mol. The molecule has 2 aromatic carbocycles. The van der Waals surface area contributed by atoms with Crippen LogP contribution in [0.15, 0.2) is 79.0 Å². The summed E-state index contributed by atoms with van der Waals surface area (Å²) in [5.74, 6) is -1.37. The topological polar surface area (TPSA) is 206 Å². The number of aromatic nitrogens is 1. The van der Waals surface area contributed by atoms with E-state index < -0.39 is 65.9 Å². The molecule has 1 aromatic heterocycles. The minimum absolute atomic E-state index is 0.0554. The number of ether oxygens (including phenoxy) is 3. The van der Waals surface area contributed by atoms with Gasteiger partial charge >= 0.3 is 18.3 Å². The fourth-order valence-corrected chi connectivity index (χ4v) is 5.35. The van der Waals surface area contributed by atoms with E-state index in [0.717, 1.165) is 36.6 Å². The molecule has 0 aliphatic heterocycles. The van der Waals surface area contributed by atoms with E-state index in [9.17, 15) is 29.1 Å². The van der Waals surface area contributed by atoms with Crippen molar-refractivity contribution in [3.8, 4) is 11.3 Å². The van der Waals surface area contributed by atoms with Gasteiger partial charge < -0.3 is 35.3 Å². The summed E-state index contributed by atoms with van der Waals surface area (Å²) < 4.78 is 14.0. The lowest BCUT2D eigenvalue weighted by Gasteiger charge is -2.33. The van der Waals surface area contributed by atoms with Crippen LogP contribution >= 0.6 is 0 Å². The molecule has 0 saturated carbocycles. The summed E-state index contributed by atoms with van der Waals surface area (Å²) in [6.45, 7) is 5.37. The van der Waals surface area contributed by atoms with Crippen molar-refractivity contribution in [1.82, 2.24) is 31.6 Å². The lowest BCUT2D eigenvalue weighted by Crippen LogP contribution is -2.60. The highest BCUT2D eigenvalue weighted by Crippen LogP contribution is 2.22. The summed E-state index contributed by atoms with van der Waals surface area (Å²) in [5.41, 5.74) is 2.56. The molecule has 15 heteroatoms. The fraction of sp³-hybridized carbons (Fsp3) is 0.405. The van der Waals surface area contributed by atoms with E-state index in [1.807, 2.05) is 60.7 Å². The first-order valence-electron chi connectivity index (χ1n) is 16.6. The van der Waals surface area contributed by atoms with E-state index in [0.29, 0.717) is 0 Å². The summed E-state index contributed by atoms with van der Waals surface area (Å²) in [5, 5.41) is 24.6. The lowest BCUT2D eigenvalue weighted by atomic mass is 9.85. The van der Waals surface area contributed by atoms with Crippen LogP contribution in [0.25, 0.3) is 11.3 Å². The second-order valence-corrected chi connectivity index (χ2v) is 13.1. The molecule has 6 N–H and O–H groups in total. The monoisotopic (exact) mass is 720 g/mol. The smallest absolute Gasteiger partial charge is 0.408 e. The molecule has 1 heterocycles. The molecule has 3 aromatic rings. The Bertz CT molecular complexity index is 1600. The molecule has 4 atom stereocenters. The lowest BCUT2D eigenvalue weighted by molar-refractivity contribution is -0.127. The molecule has 280 valence electrons. The van der Waals surface area contributed by atoms with Crippen LogP contribution in [-0.4, -0.2) is 91.9 Å². The van der Waals surface area contributed by atoms with Gasteiger partial charge in [0.1, 0.15) is 6.04 Å². The van der Waals surface area contributed by atoms with Crippen LogP contribution in [-0.2, 0) is 36.6 Å². The van der Waals surface area contributed by atoms with Gasteiger partial charge in [-0.25, -0.2) is 14.4 Å². The van der Waals surface area contributed by atoms with Crippen molar-refractivity contribution in [3.05, 3.63) is 90.1 Å². The van der Waals surface area contributed by atoms with Crippen LogP contribution < -0.4 is 26.6 Å². The second-order valence-electron chi connectivity index (χ2n) is 13.1. The zero-order valence-corrected chi connectivity index (χ0v) is 30.2. The zero-order valence-electron chi connectivity index (χ0n) is 30.2. The molecule has 0 spiro atoms. The van der Waals surface area contributed by atoms with Crippen molar-refractivity contribution in [2.75, 3.05) is 21.3 Å². The maximum Gasteiger partial charge on any atom is 0.408 e. The minimum Gasteiger partial charge on any atom is -0.453 e. The number of carbonyl (C=O) groups excluding carboxylic acids is 5. The Hall–Kier alpha value is -5.70. The van der Waals surface area contributed by atoms with E-state index >= 15 is 0 Å². The summed E-state index contributed by atoms with van der Waals surface area (Å²) in [6, 6.07) is 19.6.